The van der Waals surface area contributed by atoms with Crippen molar-refractivity contribution < 1.29 is 5.11 Å². The van der Waals surface area contributed by atoms with Gasteiger partial charge in [-0.25, -0.2) is 0 Å². The molecule has 0 amide bonds. The molecule has 0 aromatic heterocycles. The van der Waals surface area contributed by atoms with Crippen LogP contribution in [-0.2, 0) is 6.54 Å². The van der Waals surface area contributed by atoms with E-state index in [0.717, 1.165) is 32.5 Å². The van der Waals surface area contributed by atoms with Crippen molar-refractivity contribution in [3.63, 3.8) is 0 Å². The van der Waals surface area contributed by atoms with E-state index in [4.69, 9.17) is 5.26 Å². The van der Waals surface area contributed by atoms with Crippen LogP contribution >= 0.6 is 0 Å². The van der Waals surface area contributed by atoms with Gasteiger partial charge in [-0.05, 0) is 31.9 Å². The lowest BCUT2D eigenvalue weighted by molar-refractivity contribution is 0.153. The minimum atomic E-state index is -0.265. The smallest absolute Gasteiger partial charge is 0.0622 e. The molecule has 0 heterocycles. The van der Waals surface area contributed by atoms with E-state index in [0.29, 0.717) is 6.42 Å². The molecular weight excluding hydrogens is 224 g/mol. The van der Waals surface area contributed by atoms with E-state index in [1.807, 2.05) is 25.1 Å². The fourth-order valence-corrected chi connectivity index (χ4v) is 1.86. The fourth-order valence-electron chi connectivity index (χ4n) is 1.86. The van der Waals surface area contributed by atoms with Gasteiger partial charge in [0, 0.05) is 19.5 Å². The second-order valence-electron chi connectivity index (χ2n) is 4.66. The van der Waals surface area contributed by atoms with Gasteiger partial charge >= 0.3 is 0 Å². The Morgan fingerprint density at radius 2 is 2.00 bits per heavy atom. The van der Waals surface area contributed by atoms with Gasteiger partial charge in [-0.15, -0.1) is 0 Å². The van der Waals surface area contributed by atoms with Gasteiger partial charge in [0.05, 0.1) is 12.2 Å². The molecule has 1 aromatic rings. The lowest BCUT2D eigenvalue weighted by Gasteiger charge is -2.22. The van der Waals surface area contributed by atoms with Crippen molar-refractivity contribution in [2.75, 3.05) is 13.1 Å². The maximum Gasteiger partial charge on any atom is 0.0622 e. The van der Waals surface area contributed by atoms with Crippen molar-refractivity contribution in [1.29, 1.82) is 5.26 Å². The Balaban J connectivity index is 2.45. The van der Waals surface area contributed by atoms with Gasteiger partial charge < -0.3 is 5.11 Å². The van der Waals surface area contributed by atoms with Gasteiger partial charge in [0.1, 0.15) is 0 Å². The zero-order valence-electron chi connectivity index (χ0n) is 11.0. The zero-order valence-corrected chi connectivity index (χ0v) is 11.0. The van der Waals surface area contributed by atoms with Crippen molar-refractivity contribution in [3.8, 4) is 6.07 Å². The molecule has 0 radical (unpaired) electrons. The van der Waals surface area contributed by atoms with E-state index in [1.165, 1.54) is 5.56 Å². The standard InChI is InChI=1S/C15H22N2O/c1-14(18)9-12-17(11-6-5-10-16)13-15-7-3-2-4-8-15/h2-4,7-8,14,18H,5-6,9,11-13H2,1H3/t14-/m0/s1. The molecule has 0 aliphatic rings. The number of nitrogens with zero attached hydrogens (tertiary/aromatic N) is 2. The first-order valence-electron chi connectivity index (χ1n) is 6.53. The van der Waals surface area contributed by atoms with Crippen molar-refractivity contribution in [3.05, 3.63) is 35.9 Å². The van der Waals surface area contributed by atoms with Crippen LogP contribution in [0.4, 0.5) is 0 Å². The van der Waals surface area contributed by atoms with Crippen LogP contribution in [0.5, 0.6) is 0 Å². The lowest BCUT2D eigenvalue weighted by atomic mass is 10.2. The summed E-state index contributed by atoms with van der Waals surface area (Å²) in [7, 11) is 0. The molecule has 3 heteroatoms. The Labute approximate surface area is 110 Å². The summed E-state index contributed by atoms with van der Waals surface area (Å²) in [6.07, 6.45) is 2.00. The third-order valence-electron chi connectivity index (χ3n) is 2.88. The molecule has 18 heavy (non-hydrogen) atoms. The molecular formula is C15H22N2O. The largest absolute Gasteiger partial charge is 0.393 e. The number of aliphatic hydroxyl groups is 1. The lowest BCUT2D eigenvalue weighted by Crippen LogP contribution is -2.27. The summed E-state index contributed by atoms with van der Waals surface area (Å²) in [4.78, 5) is 2.30. The van der Waals surface area contributed by atoms with E-state index in [1.54, 1.807) is 0 Å². The van der Waals surface area contributed by atoms with Crippen molar-refractivity contribution >= 4 is 0 Å². The Kier molecular flexibility index (Phi) is 7.09. The van der Waals surface area contributed by atoms with Gasteiger partial charge in [0.2, 0.25) is 0 Å². The average Bonchev–Trinajstić information content (AvgIpc) is 2.37. The molecule has 3 nitrogen and oxygen atoms in total. The fraction of sp³-hybridized carbons (Fsp3) is 0.533. The SMILES string of the molecule is C[C@H](O)CCN(CCCC#N)Cc1ccccc1. The van der Waals surface area contributed by atoms with Gasteiger partial charge in [0.15, 0.2) is 0 Å². The topological polar surface area (TPSA) is 47.3 Å². The van der Waals surface area contributed by atoms with Gasteiger partial charge in [0.25, 0.3) is 0 Å². The molecule has 0 unspecified atom stereocenters. The van der Waals surface area contributed by atoms with Crippen LogP contribution < -0.4 is 0 Å². The third kappa shape index (κ3) is 6.39. The van der Waals surface area contributed by atoms with Gasteiger partial charge in [-0.2, -0.15) is 5.26 Å². The quantitative estimate of drug-likeness (QED) is 0.717. The molecule has 0 fully saturated rings. The first-order chi connectivity index (χ1) is 8.72. The Bertz CT molecular complexity index is 357. The molecule has 0 bridgehead atoms. The molecule has 0 saturated heterocycles. The molecule has 0 saturated carbocycles. The van der Waals surface area contributed by atoms with E-state index >= 15 is 0 Å². The molecule has 1 rings (SSSR count). The minimum absolute atomic E-state index is 0.265. The molecule has 0 aliphatic heterocycles. The second-order valence-corrected chi connectivity index (χ2v) is 4.66. The second kappa shape index (κ2) is 8.68. The van der Waals surface area contributed by atoms with Crippen molar-refractivity contribution in [1.82, 2.24) is 4.90 Å². The van der Waals surface area contributed by atoms with Crippen LogP contribution in [0.15, 0.2) is 30.3 Å². The summed E-state index contributed by atoms with van der Waals surface area (Å²) in [6, 6.07) is 12.5. The molecule has 0 aliphatic carbocycles. The van der Waals surface area contributed by atoms with E-state index in [2.05, 4.69) is 23.1 Å². The summed E-state index contributed by atoms with van der Waals surface area (Å²) in [5.74, 6) is 0. The Morgan fingerprint density at radius 3 is 2.61 bits per heavy atom. The van der Waals surface area contributed by atoms with Gasteiger partial charge in [-0.3, -0.25) is 4.90 Å². The number of rotatable bonds is 8. The molecule has 1 N–H and O–H groups in total. The summed E-state index contributed by atoms with van der Waals surface area (Å²) in [5, 5.41) is 17.9. The van der Waals surface area contributed by atoms with E-state index in [9.17, 15) is 5.11 Å². The highest BCUT2D eigenvalue weighted by Gasteiger charge is 2.07. The predicted octanol–water partition coefficient (Wildman–Crippen LogP) is 2.56. The molecule has 98 valence electrons. The maximum absolute atomic E-state index is 9.36. The van der Waals surface area contributed by atoms with Crippen molar-refractivity contribution in [2.45, 2.75) is 38.8 Å². The van der Waals surface area contributed by atoms with Crippen LogP contribution in [0.1, 0.15) is 31.7 Å². The predicted molar refractivity (Wildman–Crippen MR) is 72.9 cm³/mol. The normalized spacial score (nSPS) is 12.3. The van der Waals surface area contributed by atoms with Crippen LogP contribution in [-0.4, -0.2) is 29.2 Å². The first-order valence-corrected chi connectivity index (χ1v) is 6.53. The highest BCUT2D eigenvalue weighted by molar-refractivity contribution is 5.14. The summed E-state index contributed by atoms with van der Waals surface area (Å²) in [5.41, 5.74) is 1.28. The van der Waals surface area contributed by atoms with Crippen molar-refractivity contribution in [2.24, 2.45) is 0 Å². The Morgan fingerprint density at radius 1 is 1.28 bits per heavy atom. The number of nitriles is 1. The number of hydrogen-bond acceptors (Lipinski definition) is 3. The number of benzene rings is 1. The maximum atomic E-state index is 9.36. The van der Waals surface area contributed by atoms with Crippen LogP contribution in [0.2, 0.25) is 0 Å². The van der Waals surface area contributed by atoms with Crippen LogP contribution in [0, 0.1) is 11.3 Å². The summed E-state index contributed by atoms with van der Waals surface area (Å²) >= 11 is 0. The van der Waals surface area contributed by atoms with Crippen LogP contribution in [0.25, 0.3) is 0 Å². The number of unbranched alkanes of at least 4 members (excludes halogenated alkanes) is 1. The minimum Gasteiger partial charge on any atom is -0.393 e. The average molecular weight is 246 g/mol. The Hall–Kier alpha value is -1.37. The zero-order chi connectivity index (χ0) is 13.2. The number of hydrogen-bond donors (Lipinski definition) is 1. The monoisotopic (exact) mass is 246 g/mol. The highest BCUT2D eigenvalue weighted by Crippen LogP contribution is 2.07. The van der Waals surface area contributed by atoms with Gasteiger partial charge in [-0.1, -0.05) is 30.3 Å². The summed E-state index contributed by atoms with van der Waals surface area (Å²) < 4.78 is 0. The number of aliphatic hydroxyl groups excluding tert-OH is 1. The molecule has 0 spiro atoms. The third-order valence-corrected chi connectivity index (χ3v) is 2.88. The van der Waals surface area contributed by atoms with E-state index < -0.39 is 0 Å². The van der Waals surface area contributed by atoms with E-state index in [-0.39, 0.29) is 6.10 Å². The summed E-state index contributed by atoms with van der Waals surface area (Å²) in [6.45, 7) is 4.49. The molecule has 1 aromatic carbocycles. The highest BCUT2D eigenvalue weighted by atomic mass is 16.3. The molecule has 1 atom stereocenters. The first kappa shape index (κ1) is 14.7. The van der Waals surface area contributed by atoms with Crippen LogP contribution in [0.3, 0.4) is 0 Å².